The number of benzene rings is 2. The van der Waals surface area contributed by atoms with E-state index in [1.165, 1.54) is 0 Å². The number of nitrogens with one attached hydrogen (secondary N) is 1. The van der Waals surface area contributed by atoms with Crippen molar-refractivity contribution in [2.75, 3.05) is 12.4 Å². The van der Waals surface area contributed by atoms with E-state index >= 15 is 0 Å². The van der Waals surface area contributed by atoms with Crippen molar-refractivity contribution in [3.05, 3.63) is 76.8 Å². The summed E-state index contributed by atoms with van der Waals surface area (Å²) in [5.74, 6) is 0. The minimum absolute atomic E-state index is 0.723. The normalized spacial score (nSPS) is 10.2. The van der Waals surface area contributed by atoms with Gasteiger partial charge in [0.05, 0.1) is 0 Å². The average Bonchev–Trinajstić information content (AvgIpc) is 2.46. The van der Waals surface area contributed by atoms with E-state index in [4.69, 9.17) is 11.6 Å². The Hall–Kier alpha value is -1.99. The summed E-state index contributed by atoms with van der Waals surface area (Å²) in [7, 11) is 1.90. The van der Waals surface area contributed by atoms with Gasteiger partial charge in [-0.2, -0.15) is 0 Å². The van der Waals surface area contributed by atoms with Gasteiger partial charge < -0.3 is 5.32 Å². The molecule has 0 aliphatic rings. The maximum atomic E-state index is 6.34. The van der Waals surface area contributed by atoms with Crippen molar-refractivity contribution in [1.29, 1.82) is 0 Å². The third kappa shape index (κ3) is 2.78. The van der Waals surface area contributed by atoms with Crippen LogP contribution >= 0.6 is 11.6 Å². The fraction of sp³-hybridized carbons (Fsp3) is 0.111. The van der Waals surface area contributed by atoms with Gasteiger partial charge in [0.15, 0.2) is 0 Å². The lowest BCUT2D eigenvalue weighted by Gasteiger charge is -2.14. The van der Waals surface area contributed by atoms with E-state index < -0.39 is 0 Å². The predicted molar refractivity (Wildman–Crippen MR) is 90.4 cm³/mol. The van der Waals surface area contributed by atoms with Gasteiger partial charge in [-0.1, -0.05) is 49.0 Å². The van der Waals surface area contributed by atoms with Crippen molar-refractivity contribution in [3.63, 3.8) is 0 Å². The Balaban J connectivity index is 2.54. The summed E-state index contributed by atoms with van der Waals surface area (Å²) in [5, 5.41) is 3.91. The molecule has 0 unspecified atom stereocenters. The van der Waals surface area contributed by atoms with E-state index in [2.05, 4.69) is 24.5 Å². The van der Waals surface area contributed by atoms with Crippen LogP contribution in [-0.4, -0.2) is 7.05 Å². The Bertz CT molecular complexity index is 671. The first kappa shape index (κ1) is 14.4. The summed E-state index contributed by atoms with van der Waals surface area (Å²) in [6.07, 6.45) is 1.83. The Kier molecular flexibility index (Phi) is 4.31. The van der Waals surface area contributed by atoms with Crippen LogP contribution in [0.3, 0.4) is 0 Å². The number of aryl methyl sites for hydroxylation is 1. The lowest BCUT2D eigenvalue weighted by Crippen LogP contribution is -1.97. The monoisotopic (exact) mass is 283 g/mol. The molecule has 0 amide bonds. The zero-order chi connectivity index (χ0) is 14.7. The van der Waals surface area contributed by atoms with Gasteiger partial charge in [0.1, 0.15) is 0 Å². The molecule has 0 saturated heterocycles. The fourth-order valence-electron chi connectivity index (χ4n) is 2.17. The zero-order valence-corrected chi connectivity index (χ0v) is 12.6. The zero-order valence-electron chi connectivity index (χ0n) is 11.8. The minimum atomic E-state index is 0.723. The summed E-state index contributed by atoms with van der Waals surface area (Å²) in [4.78, 5) is 0. The van der Waals surface area contributed by atoms with E-state index in [0.29, 0.717) is 0 Å². The molecular weight excluding hydrogens is 266 g/mol. The molecule has 20 heavy (non-hydrogen) atoms. The van der Waals surface area contributed by atoms with Crippen molar-refractivity contribution in [2.24, 2.45) is 0 Å². The molecule has 2 aromatic carbocycles. The lowest BCUT2D eigenvalue weighted by molar-refractivity contribution is 1.43. The second-order valence-corrected chi connectivity index (χ2v) is 5.13. The van der Waals surface area contributed by atoms with Gasteiger partial charge in [0.25, 0.3) is 0 Å². The van der Waals surface area contributed by atoms with Crippen LogP contribution in [0.15, 0.2) is 49.6 Å². The predicted octanol–water partition coefficient (Wildman–Crippen LogP) is 5.39. The van der Waals surface area contributed by atoms with Gasteiger partial charge in [0.2, 0.25) is 0 Å². The smallest absolute Gasteiger partial charge is 0.0487 e. The largest absolute Gasteiger partial charge is 0.388 e. The van der Waals surface area contributed by atoms with Crippen molar-refractivity contribution >= 4 is 28.9 Å². The van der Waals surface area contributed by atoms with Crippen LogP contribution in [0.25, 0.3) is 11.6 Å². The van der Waals surface area contributed by atoms with Gasteiger partial charge in [0, 0.05) is 28.9 Å². The Labute approximate surface area is 125 Å². The summed E-state index contributed by atoms with van der Waals surface area (Å²) >= 11 is 6.34. The highest BCUT2D eigenvalue weighted by Crippen LogP contribution is 2.33. The number of anilines is 1. The van der Waals surface area contributed by atoms with Crippen LogP contribution in [0.5, 0.6) is 0 Å². The van der Waals surface area contributed by atoms with Crippen LogP contribution in [0.4, 0.5) is 5.69 Å². The molecule has 0 fully saturated rings. The van der Waals surface area contributed by atoms with E-state index in [-0.39, 0.29) is 0 Å². The number of halogens is 1. The molecule has 1 N–H and O–H groups in total. The Morgan fingerprint density at radius 2 is 1.90 bits per heavy atom. The second kappa shape index (κ2) is 5.98. The molecule has 0 radical (unpaired) electrons. The molecule has 0 aromatic heterocycles. The number of hydrogen-bond donors (Lipinski definition) is 1. The van der Waals surface area contributed by atoms with Crippen LogP contribution in [-0.2, 0) is 0 Å². The molecule has 102 valence electrons. The van der Waals surface area contributed by atoms with Gasteiger partial charge in [-0.3, -0.25) is 0 Å². The summed E-state index contributed by atoms with van der Waals surface area (Å²) in [6.45, 7) is 10.0. The quantitative estimate of drug-likeness (QED) is 0.793. The highest BCUT2D eigenvalue weighted by Gasteiger charge is 2.11. The van der Waals surface area contributed by atoms with Crippen LogP contribution in [0.1, 0.15) is 22.3 Å². The Morgan fingerprint density at radius 3 is 2.50 bits per heavy atom. The van der Waals surface area contributed by atoms with Crippen LogP contribution in [0, 0.1) is 6.92 Å². The van der Waals surface area contributed by atoms with Gasteiger partial charge in [-0.25, -0.2) is 0 Å². The molecule has 0 aliphatic heterocycles. The molecule has 0 spiro atoms. The molecule has 2 rings (SSSR count). The van der Waals surface area contributed by atoms with Gasteiger partial charge in [-0.15, -0.1) is 0 Å². The number of hydrogen-bond acceptors (Lipinski definition) is 1. The van der Waals surface area contributed by atoms with Crippen molar-refractivity contribution in [3.8, 4) is 0 Å². The molecule has 0 heterocycles. The highest BCUT2D eigenvalue weighted by atomic mass is 35.5. The first-order chi connectivity index (χ1) is 9.56. The van der Waals surface area contributed by atoms with Crippen LogP contribution < -0.4 is 5.32 Å². The molecule has 0 atom stereocenters. The molecule has 0 aliphatic carbocycles. The maximum absolute atomic E-state index is 6.34. The van der Waals surface area contributed by atoms with Crippen molar-refractivity contribution < 1.29 is 0 Å². The standard InChI is InChI=1S/C18H18ClN/c1-5-14-7-9-18(20-4)16(11-14)13(3)15-8-6-12(2)10-17(15)19/h5-11,20H,1,3H2,2,4H3. The maximum Gasteiger partial charge on any atom is 0.0487 e. The third-order valence-corrected chi connectivity index (χ3v) is 3.64. The van der Waals surface area contributed by atoms with E-state index in [9.17, 15) is 0 Å². The first-order valence-corrected chi connectivity index (χ1v) is 6.84. The summed E-state index contributed by atoms with van der Waals surface area (Å²) in [5.41, 5.74) is 6.12. The molecule has 0 saturated carbocycles. The SMILES string of the molecule is C=Cc1ccc(NC)c(C(=C)c2ccc(C)cc2Cl)c1. The Morgan fingerprint density at radius 1 is 1.15 bits per heavy atom. The summed E-state index contributed by atoms with van der Waals surface area (Å²) in [6, 6.07) is 12.1. The van der Waals surface area contributed by atoms with Gasteiger partial charge >= 0.3 is 0 Å². The van der Waals surface area contributed by atoms with Crippen molar-refractivity contribution in [2.45, 2.75) is 6.92 Å². The topological polar surface area (TPSA) is 12.0 Å². The fourth-order valence-corrected chi connectivity index (χ4v) is 2.52. The van der Waals surface area contributed by atoms with E-state index in [1.807, 2.05) is 50.4 Å². The third-order valence-electron chi connectivity index (χ3n) is 3.32. The lowest BCUT2D eigenvalue weighted by atomic mass is 9.95. The second-order valence-electron chi connectivity index (χ2n) is 4.72. The van der Waals surface area contributed by atoms with Crippen LogP contribution in [0.2, 0.25) is 5.02 Å². The average molecular weight is 284 g/mol. The van der Waals surface area contributed by atoms with Gasteiger partial charge in [-0.05, 0) is 41.8 Å². The molecule has 2 aromatic rings. The molecular formula is C18H18ClN. The van der Waals surface area contributed by atoms with E-state index in [1.54, 1.807) is 0 Å². The number of rotatable bonds is 4. The highest BCUT2D eigenvalue weighted by molar-refractivity contribution is 6.32. The molecule has 2 heteroatoms. The summed E-state index contributed by atoms with van der Waals surface area (Å²) < 4.78 is 0. The van der Waals surface area contributed by atoms with E-state index in [0.717, 1.165) is 38.5 Å². The molecule has 0 bridgehead atoms. The molecule has 1 nitrogen and oxygen atoms in total. The minimum Gasteiger partial charge on any atom is -0.388 e. The van der Waals surface area contributed by atoms with Crippen molar-refractivity contribution in [1.82, 2.24) is 0 Å². The first-order valence-electron chi connectivity index (χ1n) is 6.47.